The molecule has 0 aliphatic rings. The van der Waals surface area contributed by atoms with Gasteiger partial charge in [0.25, 0.3) is 0 Å². The van der Waals surface area contributed by atoms with Crippen molar-refractivity contribution < 1.29 is 0 Å². The minimum absolute atomic E-state index is 0.411. The topological polar surface area (TPSA) is 48.7 Å². The van der Waals surface area contributed by atoms with Crippen molar-refractivity contribution in [1.82, 2.24) is 4.98 Å². The van der Waals surface area contributed by atoms with Crippen molar-refractivity contribution in [3.8, 4) is 6.07 Å². The van der Waals surface area contributed by atoms with Crippen molar-refractivity contribution in [3.63, 3.8) is 0 Å². The molecule has 0 amide bonds. The standard InChI is InChI=1S/C14H13N3/c1-2-11-5-3-6-12(9-11)17-13-7-4-8-16-14(13)10-15/h3-9,17H,2H2,1H3. The predicted molar refractivity (Wildman–Crippen MR) is 68.1 cm³/mol. The summed E-state index contributed by atoms with van der Waals surface area (Å²) in [4.78, 5) is 4.01. The molecule has 3 heteroatoms. The lowest BCUT2D eigenvalue weighted by molar-refractivity contribution is 1.14. The van der Waals surface area contributed by atoms with E-state index in [0.717, 1.165) is 17.8 Å². The largest absolute Gasteiger partial charge is 0.353 e. The van der Waals surface area contributed by atoms with E-state index in [1.807, 2.05) is 24.3 Å². The van der Waals surface area contributed by atoms with E-state index in [1.165, 1.54) is 5.56 Å². The van der Waals surface area contributed by atoms with Crippen molar-refractivity contribution >= 4 is 11.4 Å². The molecule has 0 radical (unpaired) electrons. The summed E-state index contributed by atoms with van der Waals surface area (Å²) < 4.78 is 0. The average molecular weight is 223 g/mol. The fourth-order valence-electron chi connectivity index (χ4n) is 1.62. The summed E-state index contributed by atoms with van der Waals surface area (Å²) in [5, 5.41) is 12.2. The first-order chi connectivity index (χ1) is 8.33. The van der Waals surface area contributed by atoms with Crippen LogP contribution in [0, 0.1) is 11.3 Å². The van der Waals surface area contributed by atoms with E-state index < -0.39 is 0 Å². The third kappa shape index (κ3) is 2.61. The second-order valence-electron chi connectivity index (χ2n) is 3.69. The monoisotopic (exact) mass is 223 g/mol. The maximum atomic E-state index is 8.94. The summed E-state index contributed by atoms with van der Waals surface area (Å²) in [6.07, 6.45) is 2.61. The van der Waals surface area contributed by atoms with Crippen LogP contribution in [0.15, 0.2) is 42.6 Å². The molecule has 0 saturated heterocycles. The number of aryl methyl sites for hydroxylation is 1. The number of benzene rings is 1. The van der Waals surface area contributed by atoms with Gasteiger partial charge in [-0.15, -0.1) is 0 Å². The van der Waals surface area contributed by atoms with Gasteiger partial charge < -0.3 is 5.32 Å². The van der Waals surface area contributed by atoms with Gasteiger partial charge in [0.2, 0.25) is 0 Å². The Balaban J connectivity index is 2.28. The Hall–Kier alpha value is -2.34. The molecule has 0 aliphatic carbocycles. The molecule has 3 nitrogen and oxygen atoms in total. The van der Waals surface area contributed by atoms with Crippen molar-refractivity contribution in [1.29, 1.82) is 5.26 Å². The van der Waals surface area contributed by atoms with Gasteiger partial charge in [0, 0.05) is 11.9 Å². The predicted octanol–water partition coefficient (Wildman–Crippen LogP) is 3.26. The SMILES string of the molecule is CCc1cccc(Nc2cccnc2C#N)c1. The summed E-state index contributed by atoms with van der Waals surface area (Å²) in [5.41, 5.74) is 3.39. The number of anilines is 2. The van der Waals surface area contributed by atoms with Crippen LogP contribution in [0.25, 0.3) is 0 Å². The van der Waals surface area contributed by atoms with Crippen LogP contribution in [0.2, 0.25) is 0 Å². The second kappa shape index (κ2) is 5.13. The maximum Gasteiger partial charge on any atom is 0.163 e. The molecule has 1 heterocycles. The number of nitriles is 1. The summed E-state index contributed by atoms with van der Waals surface area (Å²) in [7, 11) is 0. The van der Waals surface area contributed by atoms with Gasteiger partial charge in [-0.1, -0.05) is 19.1 Å². The van der Waals surface area contributed by atoms with Crippen LogP contribution in [-0.2, 0) is 6.42 Å². The van der Waals surface area contributed by atoms with Crippen LogP contribution in [-0.4, -0.2) is 4.98 Å². The number of nitrogens with one attached hydrogen (secondary N) is 1. The minimum atomic E-state index is 0.411. The molecular formula is C14H13N3. The highest BCUT2D eigenvalue weighted by Crippen LogP contribution is 2.19. The third-order valence-electron chi connectivity index (χ3n) is 2.53. The molecule has 0 bridgehead atoms. The molecule has 0 atom stereocenters. The van der Waals surface area contributed by atoms with Gasteiger partial charge in [0.1, 0.15) is 6.07 Å². The Labute approximate surface area is 101 Å². The number of nitrogens with zero attached hydrogens (tertiary/aromatic N) is 2. The number of aromatic nitrogens is 1. The highest BCUT2D eigenvalue weighted by Gasteiger charge is 2.02. The zero-order valence-electron chi connectivity index (χ0n) is 9.64. The van der Waals surface area contributed by atoms with Crippen molar-refractivity contribution in [2.45, 2.75) is 13.3 Å². The lowest BCUT2D eigenvalue weighted by atomic mass is 10.1. The van der Waals surface area contributed by atoms with Crippen LogP contribution in [0.4, 0.5) is 11.4 Å². The number of hydrogen-bond acceptors (Lipinski definition) is 3. The number of pyridine rings is 1. The first-order valence-electron chi connectivity index (χ1n) is 5.54. The maximum absolute atomic E-state index is 8.94. The Morgan fingerprint density at radius 2 is 2.18 bits per heavy atom. The summed E-state index contributed by atoms with van der Waals surface area (Å²) >= 11 is 0. The summed E-state index contributed by atoms with van der Waals surface area (Å²) in [5.74, 6) is 0. The van der Waals surface area contributed by atoms with Gasteiger partial charge in [-0.25, -0.2) is 4.98 Å². The molecule has 0 saturated carbocycles. The Morgan fingerprint density at radius 1 is 1.29 bits per heavy atom. The van der Waals surface area contributed by atoms with Crippen molar-refractivity contribution in [2.24, 2.45) is 0 Å². The zero-order valence-corrected chi connectivity index (χ0v) is 9.64. The van der Waals surface area contributed by atoms with E-state index in [4.69, 9.17) is 5.26 Å². The van der Waals surface area contributed by atoms with Crippen molar-refractivity contribution in [3.05, 3.63) is 53.9 Å². The molecule has 0 aliphatic heterocycles. The average Bonchev–Trinajstić information content (AvgIpc) is 2.39. The molecule has 2 rings (SSSR count). The summed E-state index contributed by atoms with van der Waals surface area (Å²) in [6.45, 7) is 2.11. The fraction of sp³-hybridized carbons (Fsp3) is 0.143. The van der Waals surface area contributed by atoms with Gasteiger partial charge in [-0.3, -0.25) is 0 Å². The summed E-state index contributed by atoms with van der Waals surface area (Å²) in [6, 6.07) is 13.9. The smallest absolute Gasteiger partial charge is 0.163 e. The minimum Gasteiger partial charge on any atom is -0.353 e. The van der Waals surface area contributed by atoms with E-state index in [0.29, 0.717) is 5.69 Å². The van der Waals surface area contributed by atoms with Crippen molar-refractivity contribution in [2.75, 3.05) is 5.32 Å². The molecule has 1 aromatic heterocycles. The molecule has 0 unspecified atom stereocenters. The Morgan fingerprint density at radius 3 is 2.94 bits per heavy atom. The quantitative estimate of drug-likeness (QED) is 0.868. The van der Waals surface area contributed by atoms with Gasteiger partial charge >= 0.3 is 0 Å². The van der Waals surface area contributed by atoms with Gasteiger partial charge in [-0.05, 0) is 36.2 Å². The second-order valence-corrected chi connectivity index (χ2v) is 3.69. The van der Waals surface area contributed by atoms with E-state index in [2.05, 4.69) is 35.4 Å². The van der Waals surface area contributed by atoms with Crippen LogP contribution in [0.3, 0.4) is 0 Å². The third-order valence-corrected chi connectivity index (χ3v) is 2.53. The lowest BCUT2D eigenvalue weighted by Crippen LogP contribution is -1.95. The van der Waals surface area contributed by atoms with E-state index >= 15 is 0 Å². The number of hydrogen-bond donors (Lipinski definition) is 1. The Bertz CT molecular complexity index is 555. The molecule has 2 aromatic rings. The van der Waals surface area contributed by atoms with E-state index in [-0.39, 0.29) is 0 Å². The number of rotatable bonds is 3. The highest BCUT2D eigenvalue weighted by molar-refractivity contribution is 5.64. The van der Waals surface area contributed by atoms with E-state index in [1.54, 1.807) is 6.20 Å². The molecule has 84 valence electrons. The van der Waals surface area contributed by atoms with Gasteiger partial charge in [-0.2, -0.15) is 5.26 Å². The zero-order chi connectivity index (χ0) is 12.1. The first kappa shape index (κ1) is 11.2. The molecule has 1 aromatic carbocycles. The molecule has 17 heavy (non-hydrogen) atoms. The Kier molecular flexibility index (Phi) is 3.37. The molecule has 0 spiro atoms. The lowest BCUT2D eigenvalue weighted by Gasteiger charge is -2.08. The van der Waals surface area contributed by atoms with Crippen LogP contribution in [0.5, 0.6) is 0 Å². The van der Waals surface area contributed by atoms with E-state index in [9.17, 15) is 0 Å². The van der Waals surface area contributed by atoms with Crippen LogP contribution < -0.4 is 5.32 Å². The van der Waals surface area contributed by atoms with Crippen LogP contribution in [0.1, 0.15) is 18.2 Å². The highest BCUT2D eigenvalue weighted by atomic mass is 14.9. The fourth-order valence-corrected chi connectivity index (χ4v) is 1.62. The molecule has 1 N–H and O–H groups in total. The molecular weight excluding hydrogens is 210 g/mol. The normalized spacial score (nSPS) is 9.65. The first-order valence-corrected chi connectivity index (χ1v) is 5.54. The van der Waals surface area contributed by atoms with Gasteiger partial charge in [0.15, 0.2) is 5.69 Å². The molecule has 0 fully saturated rings. The van der Waals surface area contributed by atoms with Crippen LogP contribution >= 0.6 is 0 Å². The van der Waals surface area contributed by atoms with Gasteiger partial charge in [0.05, 0.1) is 5.69 Å².